The van der Waals surface area contributed by atoms with E-state index in [4.69, 9.17) is 4.74 Å². The third kappa shape index (κ3) is 2.76. The van der Waals surface area contributed by atoms with Crippen LogP contribution < -0.4 is 0 Å². The van der Waals surface area contributed by atoms with Gasteiger partial charge in [-0.05, 0) is 32.4 Å². The predicted octanol–water partition coefficient (Wildman–Crippen LogP) is 1.13. The van der Waals surface area contributed by atoms with Crippen molar-refractivity contribution in [2.75, 3.05) is 19.8 Å². The second-order valence-corrected chi connectivity index (χ2v) is 5.73. The average Bonchev–Trinajstić information content (AvgIpc) is 3.04. The summed E-state index contributed by atoms with van der Waals surface area (Å²) in [7, 11) is 0. The van der Waals surface area contributed by atoms with Crippen LogP contribution in [0.4, 0.5) is 0 Å². The Morgan fingerprint density at radius 2 is 2.27 bits per heavy atom. The van der Waals surface area contributed by atoms with Crippen LogP contribution in [0.1, 0.15) is 28.7 Å². The summed E-state index contributed by atoms with van der Waals surface area (Å²) in [4.78, 5) is 14.6. The molecule has 7 heteroatoms. The lowest BCUT2D eigenvalue weighted by molar-refractivity contribution is -0.141. The molecule has 118 valence electrons. The number of nitrogens with zero attached hydrogens (tertiary/aromatic N) is 4. The first-order valence-electron chi connectivity index (χ1n) is 7.44. The van der Waals surface area contributed by atoms with Crippen LogP contribution in [0.5, 0.6) is 0 Å². The molecule has 0 aliphatic carbocycles. The third-order valence-electron chi connectivity index (χ3n) is 4.04. The number of amides is 1. The van der Waals surface area contributed by atoms with Crippen LogP contribution in [0.3, 0.4) is 0 Å². The van der Waals surface area contributed by atoms with Gasteiger partial charge < -0.3 is 9.64 Å². The Labute approximate surface area is 129 Å². The predicted molar refractivity (Wildman–Crippen MR) is 80.3 cm³/mol. The lowest BCUT2D eigenvalue weighted by Gasteiger charge is -2.35. The number of hydrogen-bond acceptors (Lipinski definition) is 4. The van der Waals surface area contributed by atoms with Gasteiger partial charge in [0.1, 0.15) is 6.54 Å². The van der Waals surface area contributed by atoms with Crippen LogP contribution in [0, 0.1) is 20.8 Å². The van der Waals surface area contributed by atoms with Gasteiger partial charge in [0.25, 0.3) is 0 Å². The summed E-state index contributed by atoms with van der Waals surface area (Å²) in [5, 5.41) is 11.4. The molecule has 1 fully saturated rings. The number of hydrogen-bond donors (Lipinski definition) is 1. The summed E-state index contributed by atoms with van der Waals surface area (Å²) in [5.74, 6) is 0.0495. The van der Waals surface area contributed by atoms with E-state index in [1.165, 1.54) is 0 Å². The number of H-pyrrole nitrogens is 1. The first kappa shape index (κ1) is 14.8. The molecule has 3 rings (SSSR count). The Balaban J connectivity index is 1.80. The van der Waals surface area contributed by atoms with Gasteiger partial charge in [-0.1, -0.05) is 0 Å². The van der Waals surface area contributed by atoms with Gasteiger partial charge >= 0.3 is 0 Å². The van der Waals surface area contributed by atoms with Crippen LogP contribution in [0.2, 0.25) is 0 Å². The normalized spacial score (nSPS) is 18.7. The maximum Gasteiger partial charge on any atom is 0.245 e. The summed E-state index contributed by atoms with van der Waals surface area (Å²) in [6, 6.07) is 1.86. The summed E-state index contributed by atoms with van der Waals surface area (Å²) < 4.78 is 7.31. The number of rotatable bonds is 3. The van der Waals surface area contributed by atoms with Gasteiger partial charge in [0.15, 0.2) is 0 Å². The van der Waals surface area contributed by atoms with Crippen molar-refractivity contribution in [2.45, 2.75) is 33.4 Å². The Morgan fingerprint density at radius 3 is 2.91 bits per heavy atom. The smallest absolute Gasteiger partial charge is 0.245 e. The molecule has 0 spiro atoms. The minimum atomic E-state index is -0.110. The van der Waals surface area contributed by atoms with Crippen molar-refractivity contribution >= 4 is 5.91 Å². The molecule has 0 saturated carbocycles. The molecule has 0 radical (unpaired) electrons. The molecule has 3 heterocycles. The zero-order chi connectivity index (χ0) is 15.7. The van der Waals surface area contributed by atoms with Crippen molar-refractivity contribution < 1.29 is 9.53 Å². The van der Waals surface area contributed by atoms with Crippen molar-refractivity contribution in [2.24, 2.45) is 0 Å². The second-order valence-electron chi connectivity index (χ2n) is 5.73. The molecule has 22 heavy (non-hydrogen) atoms. The van der Waals surface area contributed by atoms with Gasteiger partial charge in [0.05, 0.1) is 36.8 Å². The fraction of sp³-hybridized carbons (Fsp3) is 0.533. The Kier molecular flexibility index (Phi) is 3.98. The standard InChI is InChI=1S/C15H21N5O2/c1-10-7-16-17-15(10)13-9-22-5-4-19(13)14(21)8-20-12(3)6-11(2)18-20/h6-7,13H,4-5,8-9H2,1-3H3,(H,16,17). The van der Waals surface area contributed by atoms with Crippen molar-refractivity contribution in [3.8, 4) is 0 Å². The molecular formula is C15H21N5O2. The zero-order valence-corrected chi connectivity index (χ0v) is 13.2. The molecule has 1 unspecified atom stereocenters. The van der Waals surface area contributed by atoms with E-state index in [9.17, 15) is 4.79 Å². The lowest BCUT2D eigenvalue weighted by atomic mass is 10.1. The number of carbonyl (C=O) groups is 1. The van der Waals surface area contributed by atoms with E-state index < -0.39 is 0 Å². The maximum absolute atomic E-state index is 12.7. The fourth-order valence-electron chi connectivity index (χ4n) is 2.89. The first-order valence-corrected chi connectivity index (χ1v) is 7.44. The highest BCUT2D eigenvalue weighted by molar-refractivity contribution is 5.76. The quantitative estimate of drug-likeness (QED) is 0.922. The molecular weight excluding hydrogens is 282 g/mol. The van der Waals surface area contributed by atoms with Crippen LogP contribution in [0.25, 0.3) is 0 Å². The maximum atomic E-state index is 12.7. The Bertz CT molecular complexity index is 675. The third-order valence-corrected chi connectivity index (χ3v) is 4.04. The van der Waals surface area contributed by atoms with E-state index in [2.05, 4.69) is 15.3 Å². The molecule has 1 amide bonds. The number of aryl methyl sites for hydroxylation is 3. The molecule has 2 aromatic heterocycles. The zero-order valence-electron chi connectivity index (χ0n) is 13.2. The minimum Gasteiger partial charge on any atom is -0.377 e. The number of ether oxygens (including phenoxy) is 1. The van der Waals surface area contributed by atoms with Gasteiger partial charge in [-0.25, -0.2) is 0 Å². The number of morpholine rings is 1. The van der Waals surface area contributed by atoms with E-state index >= 15 is 0 Å². The van der Waals surface area contributed by atoms with Gasteiger partial charge in [0, 0.05) is 12.2 Å². The molecule has 7 nitrogen and oxygen atoms in total. The van der Waals surface area contributed by atoms with E-state index in [-0.39, 0.29) is 18.5 Å². The molecule has 0 aromatic carbocycles. The molecule has 0 bridgehead atoms. The highest BCUT2D eigenvalue weighted by atomic mass is 16.5. The van der Waals surface area contributed by atoms with Crippen molar-refractivity contribution in [3.63, 3.8) is 0 Å². The highest BCUT2D eigenvalue weighted by Gasteiger charge is 2.31. The lowest BCUT2D eigenvalue weighted by Crippen LogP contribution is -2.45. The molecule has 1 aliphatic rings. The van der Waals surface area contributed by atoms with Gasteiger partial charge in [0.2, 0.25) is 5.91 Å². The van der Waals surface area contributed by atoms with Crippen LogP contribution in [0.15, 0.2) is 12.3 Å². The molecule has 1 atom stereocenters. The number of aromatic nitrogens is 4. The molecule has 1 N–H and O–H groups in total. The fourth-order valence-corrected chi connectivity index (χ4v) is 2.89. The Hall–Kier alpha value is -2.15. The van der Waals surface area contributed by atoms with E-state index in [1.54, 1.807) is 10.9 Å². The van der Waals surface area contributed by atoms with Crippen LogP contribution in [-0.4, -0.2) is 50.5 Å². The number of nitrogens with one attached hydrogen (secondary N) is 1. The summed E-state index contributed by atoms with van der Waals surface area (Å²) in [6.07, 6.45) is 1.77. The molecule has 1 aliphatic heterocycles. The highest BCUT2D eigenvalue weighted by Crippen LogP contribution is 2.25. The SMILES string of the molecule is Cc1cc(C)n(CC(=O)N2CCOCC2c2[nH]ncc2C)n1. The van der Waals surface area contributed by atoms with E-state index in [1.807, 2.05) is 31.7 Å². The van der Waals surface area contributed by atoms with E-state index in [0.717, 1.165) is 22.6 Å². The molecule has 2 aromatic rings. The largest absolute Gasteiger partial charge is 0.377 e. The van der Waals surface area contributed by atoms with E-state index in [0.29, 0.717) is 19.8 Å². The topological polar surface area (TPSA) is 76.0 Å². The van der Waals surface area contributed by atoms with Crippen LogP contribution in [-0.2, 0) is 16.1 Å². The number of carbonyl (C=O) groups excluding carboxylic acids is 1. The summed E-state index contributed by atoms with van der Waals surface area (Å²) in [5.41, 5.74) is 3.91. The second kappa shape index (κ2) is 5.92. The molecule has 1 saturated heterocycles. The van der Waals surface area contributed by atoms with Gasteiger partial charge in [-0.2, -0.15) is 10.2 Å². The average molecular weight is 303 g/mol. The van der Waals surface area contributed by atoms with Crippen molar-refractivity contribution in [1.82, 2.24) is 24.9 Å². The van der Waals surface area contributed by atoms with Gasteiger partial charge in [-0.3, -0.25) is 14.6 Å². The monoisotopic (exact) mass is 303 g/mol. The number of aromatic amines is 1. The van der Waals surface area contributed by atoms with Crippen molar-refractivity contribution in [1.29, 1.82) is 0 Å². The summed E-state index contributed by atoms with van der Waals surface area (Å²) >= 11 is 0. The first-order chi connectivity index (χ1) is 10.6. The Morgan fingerprint density at radius 1 is 1.45 bits per heavy atom. The summed E-state index contributed by atoms with van der Waals surface area (Å²) in [6.45, 7) is 7.77. The minimum absolute atomic E-state index is 0.0495. The van der Waals surface area contributed by atoms with Crippen LogP contribution >= 0.6 is 0 Å². The van der Waals surface area contributed by atoms with Crippen molar-refractivity contribution in [3.05, 3.63) is 34.9 Å². The van der Waals surface area contributed by atoms with Gasteiger partial charge in [-0.15, -0.1) is 0 Å².